The van der Waals surface area contributed by atoms with E-state index in [4.69, 9.17) is 4.74 Å². The molecule has 0 amide bonds. The molecule has 2 N–H and O–H groups in total. The molecule has 1 saturated heterocycles. The van der Waals surface area contributed by atoms with Crippen molar-refractivity contribution in [2.24, 2.45) is 11.8 Å². The summed E-state index contributed by atoms with van der Waals surface area (Å²) in [4.78, 5) is 0. The van der Waals surface area contributed by atoms with E-state index in [0.717, 1.165) is 18.4 Å². The highest BCUT2D eigenvalue weighted by molar-refractivity contribution is 4.86. The molecule has 3 atom stereocenters. The summed E-state index contributed by atoms with van der Waals surface area (Å²) in [6.07, 6.45) is 4.29. The molecule has 2 fully saturated rings. The van der Waals surface area contributed by atoms with E-state index in [-0.39, 0.29) is 0 Å². The van der Waals surface area contributed by atoms with Crippen LogP contribution in [-0.4, -0.2) is 38.9 Å². The van der Waals surface area contributed by atoms with Gasteiger partial charge in [-0.2, -0.15) is 0 Å². The number of hydrogen-bond donors (Lipinski definition) is 2. The van der Waals surface area contributed by atoms with Crippen LogP contribution in [0.4, 0.5) is 0 Å². The van der Waals surface area contributed by atoms with Crippen LogP contribution in [0.5, 0.6) is 0 Å². The SMILES string of the molecule is COC1CCCC1NCC(C)C1CNC1. The lowest BCUT2D eigenvalue weighted by atomic mass is 9.89. The molecule has 0 aromatic heterocycles. The first-order valence-corrected chi connectivity index (χ1v) is 6.28. The molecule has 0 spiro atoms. The van der Waals surface area contributed by atoms with Gasteiger partial charge in [-0.1, -0.05) is 6.92 Å². The molecular formula is C12H24N2O. The van der Waals surface area contributed by atoms with Crippen molar-refractivity contribution < 1.29 is 4.74 Å². The molecule has 0 aromatic rings. The summed E-state index contributed by atoms with van der Waals surface area (Å²) in [6.45, 7) is 5.93. The van der Waals surface area contributed by atoms with Crippen molar-refractivity contribution >= 4 is 0 Å². The molecule has 3 nitrogen and oxygen atoms in total. The Kier molecular flexibility index (Phi) is 4.00. The zero-order chi connectivity index (χ0) is 10.7. The Balaban J connectivity index is 1.67. The molecule has 3 heteroatoms. The summed E-state index contributed by atoms with van der Waals surface area (Å²) in [5.74, 6) is 1.68. The van der Waals surface area contributed by atoms with Crippen molar-refractivity contribution in [3.8, 4) is 0 Å². The van der Waals surface area contributed by atoms with Crippen LogP contribution < -0.4 is 10.6 Å². The minimum absolute atomic E-state index is 0.455. The van der Waals surface area contributed by atoms with E-state index >= 15 is 0 Å². The van der Waals surface area contributed by atoms with E-state index in [0.29, 0.717) is 12.1 Å². The van der Waals surface area contributed by atoms with Crippen molar-refractivity contribution in [1.29, 1.82) is 0 Å². The van der Waals surface area contributed by atoms with Gasteiger partial charge in [-0.15, -0.1) is 0 Å². The lowest BCUT2D eigenvalue weighted by Gasteiger charge is -2.33. The first-order chi connectivity index (χ1) is 7.31. The van der Waals surface area contributed by atoms with Gasteiger partial charge in [0.15, 0.2) is 0 Å². The maximum Gasteiger partial charge on any atom is 0.0724 e. The van der Waals surface area contributed by atoms with E-state index in [1.165, 1.54) is 32.4 Å². The van der Waals surface area contributed by atoms with Crippen molar-refractivity contribution in [2.75, 3.05) is 26.7 Å². The Bertz CT molecular complexity index is 194. The fourth-order valence-corrected chi connectivity index (χ4v) is 2.66. The fourth-order valence-electron chi connectivity index (χ4n) is 2.66. The predicted molar refractivity (Wildman–Crippen MR) is 62.0 cm³/mol. The first kappa shape index (κ1) is 11.4. The highest BCUT2D eigenvalue weighted by atomic mass is 16.5. The molecule has 0 radical (unpaired) electrons. The zero-order valence-corrected chi connectivity index (χ0v) is 9.96. The van der Waals surface area contributed by atoms with Gasteiger partial charge in [0.1, 0.15) is 0 Å². The van der Waals surface area contributed by atoms with Crippen LogP contribution in [0.25, 0.3) is 0 Å². The lowest BCUT2D eigenvalue weighted by Crippen LogP contribution is -2.49. The molecule has 15 heavy (non-hydrogen) atoms. The largest absolute Gasteiger partial charge is 0.380 e. The number of rotatable bonds is 5. The Morgan fingerprint density at radius 3 is 2.80 bits per heavy atom. The number of ether oxygens (including phenoxy) is 1. The van der Waals surface area contributed by atoms with Crippen molar-refractivity contribution in [3.63, 3.8) is 0 Å². The highest BCUT2D eigenvalue weighted by Crippen LogP contribution is 2.22. The van der Waals surface area contributed by atoms with Gasteiger partial charge in [-0.05, 0) is 50.7 Å². The van der Waals surface area contributed by atoms with Crippen LogP contribution in [0.15, 0.2) is 0 Å². The van der Waals surface area contributed by atoms with E-state index < -0.39 is 0 Å². The monoisotopic (exact) mass is 212 g/mol. The maximum absolute atomic E-state index is 5.48. The molecule has 1 saturated carbocycles. The van der Waals surface area contributed by atoms with Gasteiger partial charge in [-0.3, -0.25) is 0 Å². The average Bonchev–Trinajstić information content (AvgIpc) is 2.58. The third-order valence-electron chi connectivity index (χ3n) is 4.08. The van der Waals surface area contributed by atoms with Gasteiger partial charge in [0.25, 0.3) is 0 Å². The van der Waals surface area contributed by atoms with E-state index in [2.05, 4.69) is 17.6 Å². The smallest absolute Gasteiger partial charge is 0.0724 e. The Morgan fingerprint density at radius 2 is 2.20 bits per heavy atom. The summed E-state index contributed by atoms with van der Waals surface area (Å²) >= 11 is 0. The van der Waals surface area contributed by atoms with Gasteiger partial charge >= 0.3 is 0 Å². The van der Waals surface area contributed by atoms with Crippen LogP contribution >= 0.6 is 0 Å². The molecule has 88 valence electrons. The molecule has 1 heterocycles. The van der Waals surface area contributed by atoms with Crippen LogP contribution in [0.1, 0.15) is 26.2 Å². The first-order valence-electron chi connectivity index (χ1n) is 6.28. The summed E-state index contributed by atoms with van der Waals surface area (Å²) in [7, 11) is 1.84. The summed E-state index contributed by atoms with van der Waals surface area (Å²) < 4.78 is 5.48. The normalized spacial score (nSPS) is 34.0. The minimum Gasteiger partial charge on any atom is -0.380 e. The molecule has 1 aliphatic heterocycles. The van der Waals surface area contributed by atoms with Crippen LogP contribution in [-0.2, 0) is 4.74 Å². The number of hydrogen-bond acceptors (Lipinski definition) is 3. The van der Waals surface area contributed by atoms with E-state index in [1.54, 1.807) is 0 Å². The molecule has 2 aliphatic rings. The highest BCUT2D eigenvalue weighted by Gasteiger charge is 2.29. The molecule has 2 rings (SSSR count). The summed E-state index contributed by atoms with van der Waals surface area (Å²) in [6, 6.07) is 0.602. The van der Waals surface area contributed by atoms with Gasteiger partial charge in [0, 0.05) is 13.2 Å². The van der Waals surface area contributed by atoms with Gasteiger partial charge < -0.3 is 15.4 Å². The third-order valence-corrected chi connectivity index (χ3v) is 4.08. The van der Waals surface area contributed by atoms with Crippen molar-refractivity contribution in [3.05, 3.63) is 0 Å². The van der Waals surface area contributed by atoms with Crippen molar-refractivity contribution in [1.82, 2.24) is 10.6 Å². The van der Waals surface area contributed by atoms with E-state index in [1.807, 2.05) is 7.11 Å². The van der Waals surface area contributed by atoms with E-state index in [9.17, 15) is 0 Å². The van der Waals surface area contributed by atoms with Gasteiger partial charge in [-0.25, -0.2) is 0 Å². The quantitative estimate of drug-likeness (QED) is 0.713. The van der Waals surface area contributed by atoms with Crippen molar-refractivity contribution in [2.45, 2.75) is 38.3 Å². The van der Waals surface area contributed by atoms with Crippen LogP contribution in [0.3, 0.4) is 0 Å². The van der Waals surface area contributed by atoms with Crippen LogP contribution in [0.2, 0.25) is 0 Å². The second-order valence-corrected chi connectivity index (χ2v) is 5.12. The van der Waals surface area contributed by atoms with Gasteiger partial charge in [0.2, 0.25) is 0 Å². The molecule has 3 unspecified atom stereocenters. The molecule has 0 bridgehead atoms. The Hall–Kier alpha value is -0.120. The minimum atomic E-state index is 0.455. The molecule has 1 aliphatic carbocycles. The van der Waals surface area contributed by atoms with Crippen LogP contribution in [0, 0.1) is 11.8 Å². The number of nitrogens with one attached hydrogen (secondary N) is 2. The topological polar surface area (TPSA) is 33.3 Å². The Morgan fingerprint density at radius 1 is 1.40 bits per heavy atom. The zero-order valence-electron chi connectivity index (χ0n) is 9.96. The molecule has 0 aromatic carbocycles. The predicted octanol–water partition coefficient (Wildman–Crippen LogP) is 0.999. The lowest BCUT2D eigenvalue weighted by molar-refractivity contribution is 0.0820. The average molecular weight is 212 g/mol. The fraction of sp³-hybridized carbons (Fsp3) is 1.00. The summed E-state index contributed by atoms with van der Waals surface area (Å²) in [5.41, 5.74) is 0. The standard InChI is InChI=1S/C12H24N2O/c1-9(10-7-13-8-10)6-14-11-4-3-5-12(11)15-2/h9-14H,3-8H2,1-2H3. The molecular weight excluding hydrogens is 188 g/mol. The van der Waals surface area contributed by atoms with Gasteiger partial charge in [0.05, 0.1) is 6.10 Å². The third kappa shape index (κ3) is 2.71. The second-order valence-electron chi connectivity index (χ2n) is 5.12. The maximum atomic E-state index is 5.48. The second kappa shape index (κ2) is 5.28. The summed E-state index contributed by atoms with van der Waals surface area (Å²) in [5, 5.41) is 7.02. The number of methoxy groups -OCH3 is 1. The Labute approximate surface area is 93.0 Å².